The van der Waals surface area contributed by atoms with E-state index < -0.39 is 0 Å². The van der Waals surface area contributed by atoms with E-state index in [1.165, 1.54) is 0 Å². The third-order valence-electron chi connectivity index (χ3n) is 2.56. The van der Waals surface area contributed by atoms with Crippen LogP contribution in [0.15, 0.2) is 36.0 Å². The van der Waals surface area contributed by atoms with Crippen molar-refractivity contribution in [2.45, 2.75) is 19.4 Å². The number of rotatable bonds is 5. The van der Waals surface area contributed by atoms with Crippen molar-refractivity contribution < 1.29 is 4.79 Å². The molecule has 0 bridgehead atoms. The fraction of sp³-hybridized carbons (Fsp3) is 0.231. The maximum Gasteiger partial charge on any atom is 0.220 e. The van der Waals surface area contributed by atoms with Gasteiger partial charge in [0.05, 0.1) is 12.1 Å². The molecule has 5 heteroatoms. The Kier molecular flexibility index (Phi) is 4.30. The summed E-state index contributed by atoms with van der Waals surface area (Å²) in [6, 6.07) is 7.60. The third kappa shape index (κ3) is 3.85. The second kappa shape index (κ2) is 6.16. The van der Waals surface area contributed by atoms with Crippen molar-refractivity contribution in [2.75, 3.05) is 5.73 Å². The van der Waals surface area contributed by atoms with Gasteiger partial charge in [-0.3, -0.25) is 9.78 Å². The van der Waals surface area contributed by atoms with E-state index in [0.29, 0.717) is 13.0 Å². The largest absolute Gasteiger partial charge is 0.399 e. The second-order valence-corrected chi connectivity index (χ2v) is 4.96. The van der Waals surface area contributed by atoms with Crippen LogP contribution in [0, 0.1) is 0 Å². The lowest BCUT2D eigenvalue weighted by molar-refractivity contribution is -0.121. The molecule has 0 aliphatic rings. The molecule has 2 rings (SSSR count). The van der Waals surface area contributed by atoms with E-state index in [9.17, 15) is 4.79 Å². The van der Waals surface area contributed by atoms with E-state index in [4.69, 9.17) is 5.73 Å². The van der Waals surface area contributed by atoms with Crippen molar-refractivity contribution in [3.63, 3.8) is 0 Å². The molecule has 0 radical (unpaired) electrons. The summed E-state index contributed by atoms with van der Waals surface area (Å²) in [5, 5.41) is 2.87. The van der Waals surface area contributed by atoms with Crippen LogP contribution in [0.5, 0.6) is 0 Å². The van der Waals surface area contributed by atoms with Crippen LogP contribution < -0.4 is 11.1 Å². The van der Waals surface area contributed by atoms with E-state index >= 15 is 0 Å². The quantitative estimate of drug-likeness (QED) is 0.809. The molecule has 0 unspecified atom stereocenters. The molecular formula is C13H15N3OS. The molecule has 0 atom stereocenters. The molecule has 1 amide bonds. The number of hydrogen-bond donors (Lipinski definition) is 2. The summed E-state index contributed by atoms with van der Waals surface area (Å²) >= 11 is 1.54. The molecule has 94 valence electrons. The fourth-order valence-electron chi connectivity index (χ4n) is 1.55. The Balaban J connectivity index is 1.73. The van der Waals surface area contributed by atoms with Gasteiger partial charge < -0.3 is 11.1 Å². The van der Waals surface area contributed by atoms with Gasteiger partial charge in [-0.25, -0.2) is 0 Å². The molecule has 0 saturated carbocycles. The van der Waals surface area contributed by atoms with Crippen LogP contribution in [0.2, 0.25) is 0 Å². The highest BCUT2D eigenvalue weighted by Crippen LogP contribution is 2.08. The average molecular weight is 261 g/mol. The molecule has 2 aromatic rings. The van der Waals surface area contributed by atoms with Crippen LogP contribution in [0.4, 0.5) is 5.69 Å². The van der Waals surface area contributed by atoms with Crippen molar-refractivity contribution in [1.82, 2.24) is 10.3 Å². The Hall–Kier alpha value is -1.88. The first-order valence-corrected chi connectivity index (χ1v) is 6.60. The minimum Gasteiger partial charge on any atom is -0.399 e. The predicted molar refractivity (Wildman–Crippen MR) is 73.1 cm³/mol. The zero-order valence-corrected chi connectivity index (χ0v) is 10.7. The summed E-state index contributed by atoms with van der Waals surface area (Å²) in [5.74, 6) is 0.0558. The Bertz CT molecular complexity index is 493. The van der Waals surface area contributed by atoms with Crippen LogP contribution in [0.25, 0.3) is 0 Å². The van der Waals surface area contributed by atoms with Gasteiger partial charge in [0.15, 0.2) is 0 Å². The summed E-state index contributed by atoms with van der Waals surface area (Å²) < 4.78 is 0. The maximum absolute atomic E-state index is 11.6. The van der Waals surface area contributed by atoms with Crippen molar-refractivity contribution >= 4 is 22.9 Å². The standard InChI is InChI=1S/C13H15N3OS/c14-11-4-1-10(2-5-11)3-6-13(17)16-8-12-7-15-9-18-12/h1-2,4-5,7,9H,3,6,8,14H2,(H,16,17). The SMILES string of the molecule is Nc1ccc(CCC(=O)NCc2cncs2)cc1. The number of anilines is 1. The average Bonchev–Trinajstić information content (AvgIpc) is 2.89. The molecule has 0 aliphatic heterocycles. The van der Waals surface area contributed by atoms with Crippen molar-refractivity contribution in [3.8, 4) is 0 Å². The molecule has 4 nitrogen and oxygen atoms in total. The third-order valence-corrected chi connectivity index (χ3v) is 3.34. The first kappa shape index (κ1) is 12.6. The zero-order valence-electron chi connectivity index (χ0n) is 9.93. The molecule has 18 heavy (non-hydrogen) atoms. The maximum atomic E-state index is 11.6. The molecule has 1 aromatic carbocycles. The van der Waals surface area contributed by atoms with Gasteiger partial charge in [-0.15, -0.1) is 11.3 Å². The number of benzene rings is 1. The highest BCUT2D eigenvalue weighted by atomic mass is 32.1. The summed E-state index contributed by atoms with van der Waals surface area (Å²) in [4.78, 5) is 16.6. The van der Waals surface area contributed by atoms with Crippen molar-refractivity contribution in [3.05, 3.63) is 46.4 Å². The zero-order chi connectivity index (χ0) is 12.8. The highest BCUT2D eigenvalue weighted by molar-refractivity contribution is 7.09. The summed E-state index contributed by atoms with van der Waals surface area (Å²) in [7, 11) is 0. The van der Waals surface area contributed by atoms with Gasteiger partial charge in [0.1, 0.15) is 0 Å². The number of amides is 1. The Morgan fingerprint density at radius 2 is 2.11 bits per heavy atom. The van der Waals surface area contributed by atoms with E-state index in [1.54, 1.807) is 23.0 Å². The first-order chi connectivity index (χ1) is 8.74. The van der Waals surface area contributed by atoms with Crippen LogP contribution >= 0.6 is 11.3 Å². The summed E-state index contributed by atoms with van der Waals surface area (Å²) in [5.41, 5.74) is 9.23. The molecule has 1 heterocycles. The van der Waals surface area contributed by atoms with Gasteiger partial charge in [-0.05, 0) is 24.1 Å². The first-order valence-electron chi connectivity index (χ1n) is 5.72. The van der Waals surface area contributed by atoms with E-state index in [0.717, 1.165) is 22.5 Å². The molecule has 3 N–H and O–H groups in total. The summed E-state index contributed by atoms with van der Waals surface area (Å²) in [6.07, 6.45) is 2.99. The Morgan fingerprint density at radius 3 is 2.78 bits per heavy atom. The second-order valence-electron chi connectivity index (χ2n) is 3.99. The lowest BCUT2D eigenvalue weighted by Gasteiger charge is -2.04. The Morgan fingerprint density at radius 1 is 1.33 bits per heavy atom. The van der Waals surface area contributed by atoms with Gasteiger partial charge >= 0.3 is 0 Å². The lowest BCUT2D eigenvalue weighted by atomic mass is 10.1. The van der Waals surface area contributed by atoms with Crippen LogP contribution in [0.1, 0.15) is 16.9 Å². The highest BCUT2D eigenvalue weighted by Gasteiger charge is 2.03. The predicted octanol–water partition coefficient (Wildman–Crippen LogP) is 1.97. The van der Waals surface area contributed by atoms with Crippen LogP contribution in [-0.4, -0.2) is 10.9 Å². The number of thiazole rings is 1. The molecule has 1 aromatic heterocycles. The molecule has 0 spiro atoms. The molecule has 0 aliphatic carbocycles. The van der Waals surface area contributed by atoms with E-state index in [2.05, 4.69) is 10.3 Å². The molecule has 0 fully saturated rings. The minimum absolute atomic E-state index is 0.0558. The number of nitrogen functional groups attached to an aromatic ring is 1. The van der Waals surface area contributed by atoms with Crippen molar-refractivity contribution in [1.29, 1.82) is 0 Å². The number of hydrogen-bond acceptors (Lipinski definition) is 4. The van der Waals surface area contributed by atoms with Gasteiger partial charge in [-0.2, -0.15) is 0 Å². The number of carbonyl (C=O) groups is 1. The molecule has 0 saturated heterocycles. The number of aryl methyl sites for hydroxylation is 1. The Labute approximate surface area is 110 Å². The summed E-state index contributed by atoms with van der Waals surface area (Å²) in [6.45, 7) is 0.561. The van der Waals surface area contributed by atoms with Gasteiger partial charge in [0.25, 0.3) is 0 Å². The number of carbonyl (C=O) groups excluding carboxylic acids is 1. The number of nitrogens with one attached hydrogen (secondary N) is 1. The van der Waals surface area contributed by atoms with Gasteiger partial charge in [0.2, 0.25) is 5.91 Å². The fourth-order valence-corrected chi connectivity index (χ4v) is 2.08. The number of nitrogens with two attached hydrogens (primary N) is 1. The smallest absolute Gasteiger partial charge is 0.220 e. The minimum atomic E-state index is 0.0558. The topological polar surface area (TPSA) is 68.0 Å². The monoisotopic (exact) mass is 261 g/mol. The molecular weight excluding hydrogens is 246 g/mol. The van der Waals surface area contributed by atoms with Gasteiger partial charge in [0, 0.05) is 23.2 Å². The van der Waals surface area contributed by atoms with E-state index in [1.807, 2.05) is 24.3 Å². The number of nitrogens with zero attached hydrogens (tertiary/aromatic N) is 1. The lowest BCUT2D eigenvalue weighted by Crippen LogP contribution is -2.22. The number of aromatic nitrogens is 1. The van der Waals surface area contributed by atoms with Crippen LogP contribution in [-0.2, 0) is 17.8 Å². The van der Waals surface area contributed by atoms with Crippen LogP contribution in [0.3, 0.4) is 0 Å². The van der Waals surface area contributed by atoms with Crippen molar-refractivity contribution in [2.24, 2.45) is 0 Å². The van der Waals surface area contributed by atoms with Gasteiger partial charge in [-0.1, -0.05) is 12.1 Å². The normalized spacial score (nSPS) is 10.2. The van der Waals surface area contributed by atoms with E-state index in [-0.39, 0.29) is 5.91 Å².